The number of nitrogens with one attached hydrogen (secondary N) is 1. The average molecular weight is 267 g/mol. The van der Waals surface area contributed by atoms with E-state index in [4.69, 9.17) is 0 Å². The molecule has 1 aliphatic rings. The van der Waals surface area contributed by atoms with Crippen molar-refractivity contribution in [1.29, 1.82) is 0 Å². The highest BCUT2D eigenvalue weighted by molar-refractivity contribution is 7.98. The van der Waals surface area contributed by atoms with Gasteiger partial charge < -0.3 is 4.98 Å². The smallest absolute Gasteiger partial charge is 0.256 e. The Morgan fingerprint density at radius 3 is 2.67 bits per heavy atom. The summed E-state index contributed by atoms with van der Waals surface area (Å²) in [6, 6.07) is 0. The second-order valence-corrected chi connectivity index (χ2v) is 5.89. The van der Waals surface area contributed by atoms with Crippen molar-refractivity contribution in [2.24, 2.45) is 5.92 Å². The van der Waals surface area contributed by atoms with E-state index >= 15 is 0 Å². The van der Waals surface area contributed by atoms with Gasteiger partial charge in [0, 0.05) is 6.54 Å². The number of aromatic nitrogens is 2. The van der Waals surface area contributed by atoms with Crippen LogP contribution in [0.25, 0.3) is 0 Å². The Morgan fingerprint density at radius 2 is 2.11 bits per heavy atom. The summed E-state index contributed by atoms with van der Waals surface area (Å²) >= 11 is 1.47. The van der Waals surface area contributed by atoms with Crippen molar-refractivity contribution in [3.8, 4) is 0 Å². The van der Waals surface area contributed by atoms with Crippen LogP contribution in [0.2, 0.25) is 0 Å². The van der Waals surface area contributed by atoms with Crippen LogP contribution < -0.4 is 5.56 Å². The van der Waals surface area contributed by atoms with Gasteiger partial charge in [0.1, 0.15) is 0 Å². The fourth-order valence-corrected chi connectivity index (χ4v) is 2.73. The van der Waals surface area contributed by atoms with Crippen LogP contribution in [-0.4, -0.2) is 34.2 Å². The molecule has 2 rings (SSSR count). The molecule has 2 heterocycles. The monoisotopic (exact) mass is 267 g/mol. The van der Waals surface area contributed by atoms with Gasteiger partial charge in [0.25, 0.3) is 5.56 Å². The lowest BCUT2D eigenvalue weighted by molar-refractivity contribution is 0.184. The van der Waals surface area contributed by atoms with E-state index in [1.165, 1.54) is 24.6 Å². The molecule has 100 valence electrons. The number of H-pyrrole nitrogens is 1. The summed E-state index contributed by atoms with van der Waals surface area (Å²) in [6.07, 6.45) is 4.38. The summed E-state index contributed by atoms with van der Waals surface area (Å²) in [6.45, 7) is 7.13. The number of aryl methyl sites for hydroxylation is 1. The number of nitrogens with zero attached hydrogens (tertiary/aromatic N) is 2. The van der Waals surface area contributed by atoms with Gasteiger partial charge in [-0.25, -0.2) is 4.98 Å². The third-order valence-electron chi connectivity index (χ3n) is 3.65. The zero-order chi connectivity index (χ0) is 13.1. The first-order valence-electron chi connectivity index (χ1n) is 6.46. The number of aromatic amines is 1. The fraction of sp³-hybridized carbons (Fsp3) is 0.692. The predicted molar refractivity (Wildman–Crippen MR) is 75.1 cm³/mol. The van der Waals surface area contributed by atoms with Crippen molar-refractivity contribution < 1.29 is 0 Å². The Bertz CT molecular complexity index is 464. The second-order valence-electron chi connectivity index (χ2n) is 5.10. The number of likely N-dealkylation sites (tertiary alicyclic amines) is 1. The van der Waals surface area contributed by atoms with Crippen LogP contribution in [0.15, 0.2) is 9.95 Å². The van der Waals surface area contributed by atoms with Gasteiger partial charge in [0.05, 0.1) is 11.3 Å². The minimum Gasteiger partial charge on any atom is -0.301 e. The van der Waals surface area contributed by atoms with Gasteiger partial charge in [0.2, 0.25) is 0 Å². The largest absolute Gasteiger partial charge is 0.301 e. The van der Waals surface area contributed by atoms with Gasteiger partial charge in [-0.15, -0.1) is 0 Å². The maximum atomic E-state index is 12.0. The highest BCUT2D eigenvalue weighted by atomic mass is 32.2. The van der Waals surface area contributed by atoms with E-state index in [0.29, 0.717) is 5.16 Å². The van der Waals surface area contributed by atoms with Crippen LogP contribution in [-0.2, 0) is 6.54 Å². The number of rotatable bonds is 3. The fourth-order valence-electron chi connectivity index (χ4n) is 2.31. The standard InChI is InChI=1S/C13H21N3OS/c1-9-4-6-16(7-5-9)8-11-10(2)14-13(18-3)15-12(11)17/h9H,4-8H2,1-3H3,(H,14,15,17). The van der Waals surface area contributed by atoms with Crippen LogP contribution in [0.1, 0.15) is 31.0 Å². The summed E-state index contributed by atoms with van der Waals surface area (Å²) in [5.74, 6) is 0.817. The Kier molecular flexibility index (Phi) is 4.45. The maximum absolute atomic E-state index is 12.0. The van der Waals surface area contributed by atoms with E-state index < -0.39 is 0 Å². The van der Waals surface area contributed by atoms with E-state index in [2.05, 4.69) is 21.8 Å². The quantitative estimate of drug-likeness (QED) is 0.672. The number of piperidine rings is 1. The summed E-state index contributed by atoms with van der Waals surface area (Å²) in [5.41, 5.74) is 1.70. The molecule has 1 aromatic rings. The highest BCUT2D eigenvalue weighted by Crippen LogP contribution is 2.18. The predicted octanol–water partition coefficient (Wildman–Crippen LogP) is 2.03. The van der Waals surface area contributed by atoms with Crippen LogP contribution in [0.4, 0.5) is 0 Å². The van der Waals surface area contributed by atoms with Gasteiger partial charge in [0.15, 0.2) is 5.16 Å². The molecule has 0 radical (unpaired) electrons. The molecule has 0 atom stereocenters. The zero-order valence-electron chi connectivity index (χ0n) is 11.3. The molecule has 0 saturated carbocycles. The van der Waals surface area contributed by atoms with E-state index in [0.717, 1.165) is 36.8 Å². The molecule has 0 amide bonds. The van der Waals surface area contributed by atoms with E-state index in [1.54, 1.807) is 0 Å². The molecule has 18 heavy (non-hydrogen) atoms. The number of hydrogen-bond donors (Lipinski definition) is 1. The van der Waals surface area contributed by atoms with Gasteiger partial charge in [-0.1, -0.05) is 18.7 Å². The van der Waals surface area contributed by atoms with Gasteiger partial charge >= 0.3 is 0 Å². The minimum absolute atomic E-state index is 0.0190. The molecule has 1 fully saturated rings. The average Bonchev–Trinajstić information content (AvgIpc) is 2.35. The number of thioether (sulfide) groups is 1. The third kappa shape index (κ3) is 3.14. The maximum Gasteiger partial charge on any atom is 0.256 e. The molecule has 0 aromatic carbocycles. The lowest BCUT2D eigenvalue weighted by Crippen LogP contribution is -2.35. The van der Waals surface area contributed by atoms with Crippen molar-refractivity contribution in [1.82, 2.24) is 14.9 Å². The first-order chi connectivity index (χ1) is 8.60. The zero-order valence-corrected chi connectivity index (χ0v) is 12.1. The molecule has 0 bridgehead atoms. The molecule has 5 heteroatoms. The second kappa shape index (κ2) is 5.89. The SMILES string of the molecule is CSc1nc(C)c(CN2CCC(C)CC2)c(=O)[nH]1. The molecule has 0 unspecified atom stereocenters. The van der Waals surface area contributed by atoms with Gasteiger partial charge in [-0.2, -0.15) is 0 Å². The Hall–Kier alpha value is -0.810. The van der Waals surface area contributed by atoms with Gasteiger partial charge in [-0.3, -0.25) is 9.69 Å². The Balaban J connectivity index is 2.12. The van der Waals surface area contributed by atoms with E-state index in [-0.39, 0.29) is 5.56 Å². The van der Waals surface area contributed by atoms with Crippen molar-refractivity contribution in [3.63, 3.8) is 0 Å². The first-order valence-corrected chi connectivity index (χ1v) is 7.68. The normalized spacial score (nSPS) is 18.2. The topological polar surface area (TPSA) is 49.0 Å². The van der Waals surface area contributed by atoms with Crippen molar-refractivity contribution in [2.45, 2.75) is 38.4 Å². The third-order valence-corrected chi connectivity index (χ3v) is 4.23. The molecule has 0 aliphatic carbocycles. The van der Waals surface area contributed by atoms with E-state index in [1.807, 2.05) is 13.2 Å². The molecule has 1 aliphatic heterocycles. The molecule has 1 saturated heterocycles. The molecule has 1 aromatic heterocycles. The summed E-state index contributed by atoms with van der Waals surface area (Å²) < 4.78 is 0. The Morgan fingerprint density at radius 1 is 1.44 bits per heavy atom. The van der Waals surface area contributed by atoms with Gasteiger partial charge in [-0.05, 0) is 45.0 Å². The summed E-state index contributed by atoms with van der Waals surface area (Å²) in [5, 5.41) is 0.702. The number of hydrogen-bond acceptors (Lipinski definition) is 4. The van der Waals surface area contributed by atoms with Crippen LogP contribution in [0.5, 0.6) is 0 Å². The first kappa shape index (κ1) is 13.6. The summed E-state index contributed by atoms with van der Waals surface area (Å²) in [4.78, 5) is 21.6. The van der Waals surface area contributed by atoms with Crippen LogP contribution >= 0.6 is 11.8 Å². The molecular weight excluding hydrogens is 246 g/mol. The molecule has 1 N–H and O–H groups in total. The minimum atomic E-state index is 0.0190. The lowest BCUT2D eigenvalue weighted by Gasteiger charge is -2.30. The van der Waals surface area contributed by atoms with E-state index in [9.17, 15) is 4.79 Å². The lowest BCUT2D eigenvalue weighted by atomic mass is 9.99. The molecule has 4 nitrogen and oxygen atoms in total. The highest BCUT2D eigenvalue weighted by Gasteiger charge is 2.18. The summed E-state index contributed by atoms with van der Waals surface area (Å²) in [7, 11) is 0. The van der Waals surface area contributed by atoms with Crippen LogP contribution in [0, 0.1) is 12.8 Å². The van der Waals surface area contributed by atoms with Crippen molar-refractivity contribution in [3.05, 3.63) is 21.6 Å². The van der Waals surface area contributed by atoms with Crippen molar-refractivity contribution >= 4 is 11.8 Å². The Labute approximate surface area is 112 Å². The van der Waals surface area contributed by atoms with Crippen molar-refractivity contribution in [2.75, 3.05) is 19.3 Å². The molecular formula is C13H21N3OS. The van der Waals surface area contributed by atoms with Crippen LogP contribution in [0.3, 0.4) is 0 Å². The molecule has 0 spiro atoms.